The molecule has 0 heterocycles. The fraction of sp³-hybridized carbons (Fsp3) is 0.600. The summed E-state index contributed by atoms with van der Waals surface area (Å²) in [6.07, 6.45) is 0.355. The van der Waals surface area contributed by atoms with Gasteiger partial charge in [0.15, 0.2) is 0 Å². The maximum Gasteiger partial charge on any atom is 0.331 e. The van der Waals surface area contributed by atoms with Crippen LogP contribution in [0.3, 0.4) is 0 Å². The smallest absolute Gasteiger partial charge is 0.331 e. The van der Waals surface area contributed by atoms with Crippen LogP contribution >= 0.6 is 7.60 Å². The van der Waals surface area contributed by atoms with E-state index in [1.807, 2.05) is 39.8 Å². The van der Waals surface area contributed by atoms with Gasteiger partial charge < -0.3 is 14.9 Å². The van der Waals surface area contributed by atoms with Crippen LogP contribution in [0.4, 0.5) is 0 Å². The largest absolute Gasteiger partial charge is 0.507 e. The highest BCUT2D eigenvalue weighted by Crippen LogP contribution is 2.55. The summed E-state index contributed by atoms with van der Waals surface area (Å²) in [6.45, 7) is 10.8. The van der Waals surface area contributed by atoms with E-state index in [1.54, 1.807) is 13.8 Å². The number of aryl methyl sites for hydroxylation is 2. The maximum absolute atomic E-state index is 11.6. The molecule has 0 radical (unpaired) electrons. The van der Waals surface area contributed by atoms with Crippen LogP contribution in [0.1, 0.15) is 50.8 Å². The SMILES string of the molecule is Cc1cc(C(C)(C)CC(C)(C)P(=O)(O)O)cc(C)c1O. The van der Waals surface area contributed by atoms with Crippen LogP contribution in [0.25, 0.3) is 0 Å². The number of hydrogen-bond donors (Lipinski definition) is 3. The summed E-state index contributed by atoms with van der Waals surface area (Å²) >= 11 is 0. The van der Waals surface area contributed by atoms with Crippen LogP contribution in [0.5, 0.6) is 5.75 Å². The van der Waals surface area contributed by atoms with Crippen LogP contribution in [0, 0.1) is 13.8 Å². The van der Waals surface area contributed by atoms with Gasteiger partial charge in [-0.1, -0.05) is 26.0 Å². The van der Waals surface area contributed by atoms with Crippen LogP contribution < -0.4 is 0 Å². The van der Waals surface area contributed by atoms with Gasteiger partial charge in [0.25, 0.3) is 0 Å². The molecule has 0 atom stereocenters. The molecular formula is C15H25O4P. The Morgan fingerprint density at radius 2 is 1.45 bits per heavy atom. The molecule has 0 aliphatic rings. The van der Waals surface area contributed by atoms with E-state index in [0.29, 0.717) is 6.42 Å². The van der Waals surface area contributed by atoms with Crippen molar-refractivity contribution in [2.75, 3.05) is 0 Å². The standard InChI is InChI=1S/C15H25O4P/c1-10-7-12(8-11(2)13(10)16)14(3,4)9-15(5,6)20(17,18)19/h7-8,16H,9H2,1-6H3,(H2,17,18,19). The highest BCUT2D eigenvalue weighted by molar-refractivity contribution is 7.53. The number of hydrogen-bond acceptors (Lipinski definition) is 2. The first kappa shape index (κ1) is 17.2. The van der Waals surface area contributed by atoms with E-state index in [-0.39, 0.29) is 5.75 Å². The molecule has 4 nitrogen and oxygen atoms in total. The molecule has 0 amide bonds. The summed E-state index contributed by atoms with van der Waals surface area (Å²) in [7, 11) is -4.17. The molecule has 1 aromatic rings. The van der Waals surface area contributed by atoms with Crippen molar-refractivity contribution >= 4 is 7.60 Å². The molecule has 0 saturated carbocycles. The second kappa shape index (κ2) is 5.18. The minimum Gasteiger partial charge on any atom is -0.507 e. The lowest BCUT2D eigenvalue weighted by Gasteiger charge is -2.36. The molecule has 0 aliphatic heterocycles. The zero-order valence-corrected chi connectivity index (χ0v) is 14.0. The summed E-state index contributed by atoms with van der Waals surface area (Å²) in [5, 5.41) is 8.75. The second-order valence-corrected chi connectivity index (χ2v) is 9.17. The van der Waals surface area contributed by atoms with Crippen molar-refractivity contribution in [1.29, 1.82) is 0 Å². The predicted octanol–water partition coefficient (Wildman–Crippen LogP) is 3.63. The molecule has 0 unspecified atom stereocenters. The Morgan fingerprint density at radius 1 is 1.05 bits per heavy atom. The van der Waals surface area contributed by atoms with Gasteiger partial charge in [-0.15, -0.1) is 0 Å². The van der Waals surface area contributed by atoms with Crippen molar-refractivity contribution in [3.05, 3.63) is 28.8 Å². The average Bonchev–Trinajstić information content (AvgIpc) is 2.22. The zero-order valence-electron chi connectivity index (χ0n) is 13.1. The van der Waals surface area contributed by atoms with Crippen LogP contribution in [-0.4, -0.2) is 20.0 Å². The Hall–Kier alpha value is -0.830. The van der Waals surface area contributed by atoms with E-state index in [9.17, 15) is 19.5 Å². The normalized spacial score (nSPS) is 13.6. The molecular weight excluding hydrogens is 275 g/mol. The highest BCUT2D eigenvalue weighted by Gasteiger charge is 2.42. The molecule has 3 N–H and O–H groups in total. The predicted molar refractivity (Wildman–Crippen MR) is 81.3 cm³/mol. The summed E-state index contributed by atoms with van der Waals surface area (Å²) in [5.41, 5.74) is 2.14. The Morgan fingerprint density at radius 3 is 1.80 bits per heavy atom. The molecule has 1 aromatic carbocycles. The molecule has 0 spiro atoms. The van der Waals surface area contributed by atoms with Gasteiger partial charge >= 0.3 is 7.60 Å². The maximum atomic E-state index is 11.6. The van der Waals surface area contributed by atoms with Crippen molar-refractivity contribution in [3.63, 3.8) is 0 Å². The molecule has 0 aromatic heterocycles. The second-order valence-electron chi connectivity index (χ2n) is 6.88. The van der Waals surface area contributed by atoms with Gasteiger partial charge in [0.2, 0.25) is 0 Å². The molecule has 0 bridgehead atoms. The Balaban J connectivity index is 3.21. The Labute approximate surface area is 121 Å². The van der Waals surface area contributed by atoms with E-state index < -0.39 is 18.2 Å². The lowest BCUT2D eigenvalue weighted by atomic mass is 9.76. The van der Waals surface area contributed by atoms with E-state index in [4.69, 9.17) is 0 Å². The fourth-order valence-corrected chi connectivity index (χ4v) is 3.23. The number of benzene rings is 1. The molecule has 0 saturated heterocycles. The molecule has 114 valence electrons. The molecule has 1 rings (SSSR count). The third kappa shape index (κ3) is 3.43. The molecule has 5 heteroatoms. The van der Waals surface area contributed by atoms with Crippen molar-refractivity contribution in [2.45, 2.75) is 58.5 Å². The van der Waals surface area contributed by atoms with Crippen molar-refractivity contribution in [2.24, 2.45) is 0 Å². The average molecular weight is 300 g/mol. The van der Waals surface area contributed by atoms with Gasteiger partial charge in [-0.05, 0) is 56.2 Å². The monoisotopic (exact) mass is 300 g/mol. The third-order valence-electron chi connectivity index (χ3n) is 3.94. The summed E-state index contributed by atoms with van der Waals surface area (Å²) in [6, 6.07) is 3.77. The first-order valence-electron chi connectivity index (χ1n) is 6.64. The summed E-state index contributed by atoms with van der Waals surface area (Å²) in [5.74, 6) is 0.277. The zero-order chi connectivity index (χ0) is 15.9. The quantitative estimate of drug-likeness (QED) is 0.742. The van der Waals surface area contributed by atoms with Gasteiger partial charge in [0, 0.05) is 0 Å². The third-order valence-corrected chi connectivity index (χ3v) is 5.67. The van der Waals surface area contributed by atoms with E-state index in [0.717, 1.165) is 16.7 Å². The van der Waals surface area contributed by atoms with Gasteiger partial charge in [0.1, 0.15) is 5.75 Å². The molecule has 0 aliphatic carbocycles. The minimum absolute atomic E-state index is 0.277. The topological polar surface area (TPSA) is 77.8 Å². The lowest BCUT2D eigenvalue weighted by Crippen LogP contribution is -2.31. The minimum atomic E-state index is -4.17. The van der Waals surface area contributed by atoms with Crippen molar-refractivity contribution in [3.8, 4) is 5.75 Å². The Kier molecular flexibility index (Phi) is 4.46. The van der Waals surface area contributed by atoms with Crippen LogP contribution in [-0.2, 0) is 9.98 Å². The summed E-state index contributed by atoms with van der Waals surface area (Å²) in [4.78, 5) is 19.0. The van der Waals surface area contributed by atoms with Crippen molar-refractivity contribution < 1.29 is 19.5 Å². The molecule has 20 heavy (non-hydrogen) atoms. The van der Waals surface area contributed by atoms with Gasteiger partial charge in [-0.25, -0.2) is 0 Å². The number of aromatic hydroxyl groups is 1. The van der Waals surface area contributed by atoms with Crippen LogP contribution in [0.2, 0.25) is 0 Å². The molecule has 0 fully saturated rings. The Bertz CT molecular complexity index is 532. The number of phenols is 1. The van der Waals surface area contributed by atoms with E-state index in [2.05, 4.69) is 0 Å². The highest BCUT2D eigenvalue weighted by atomic mass is 31.2. The van der Waals surface area contributed by atoms with Gasteiger partial charge in [-0.2, -0.15) is 0 Å². The van der Waals surface area contributed by atoms with E-state index >= 15 is 0 Å². The van der Waals surface area contributed by atoms with Crippen LogP contribution in [0.15, 0.2) is 12.1 Å². The number of phenolic OH excluding ortho intramolecular Hbond substituents is 1. The first-order valence-corrected chi connectivity index (χ1v) is 8.25. The van der Waals surface area contributed by atoms with Crippen molar-refractivity contribution in [1.82, 2.24) is 0 Å². The lowest BCUT2D eigenvalue weighted by molar-refractivity contribution is 0.305. The van der Waals surface area contributed by atoms with E-state index in [1.165, 1.54) is 0 Å². The summed E-state index contributed by atoms with van der Waals surface area (Å²) < 4.78 is 11.6. The number of rotatable bonds is 4. The van der Waals surface area contributed by atoms with Gasteiger partial charge in [-0.3, -0.25) is 4.57 Å². The first-order chi connectivity index (χ1) is 8.78. The van der Waals surface area contributed by atoms with Gasteiger partial charge in [0.05, 0.1) is 5.16 Å². The fourth-order valence-electron chi connectivity index (χ4n) is 2.63.